The second-order valence-electron chi connectivity index (χ2n) is 7.81. The molecule has 3 N–H and O–H groups in total. The van der Waals surface area contributed by atoms with Crippen molar-refractivity contribution in [1.29, 1.82) is 0 Å². The molecule has 7 nitrogen and oxygen atoms in total. The zero-order valence-corrected chi connectivity index (χ0v) is 17.4. The number of hydrogen-bond donors (Lipinski definition) is 2. The molecule has 0 aliphatic carbocycles. The van der Waals surface area contributed by atoms with Crippen LogP contribution in [0.15, 0.2) is 42.5 Å². The lowest BCUT2D eigenvalue weighted by Crippen LogP contribution is -2.38. The summed E-state index contributed by atoms with van der Waals surface area (Å²) in [5.74, 6) is 2.14. The fraction of sp³-hybridized carbons (Fsp3) is 0.391. The number of aryl methyl sites for hydroxylation is 1. The van der Waals surface area contributed by atoms with Gasteiger partial charge in [0, 0.05) is 25.3 Å². The quantitative estimate of drug-likeness (QED) is 0.652. The Labute approximate surface area is 176 Å². The van der Waals surface area contributed by atoms with Crippen molar-refractivity contribution in [2.75, 3.05) is 13.2 Å². The van der Waals surface area contributed by atoms with Gasteiger partial charge in [-0.1, -0.05) is 17.7 Å². The molecule has 158 valence electrons. The van der Waals surface area contributed by atoms with E-state index in [1.54, 1.807) is 6.92 Å². The van der Waals surface area contributed by atoms with Crippen molar-refractivity contribution in [3.63, 3.8) is 0 Å². The van der Waals surface area contributed by atoms with Crippen LogP contribution in [0.25, 0.3) is 11.0 Å². The van der Waals surface area contributed by atoms with Crippen molar-refractivity contribution < 1.29 is 14.3 Å². The van der Waals surface area contributed by atoms with Crippen LogP contribution in [0.3, 0.4) is 0 Å². The van der Waals surface area contributed by atoms with Gasteiger partial charge in [-0.2, -0.15) is 0 Å². The largest absolute Gasteiger partial charge is 0.457 e. The van der Waals surface area contributed by atoms with Gasteiger partial charge in [0.15, 0.2) is 0 Å². The fourth-order valence-corrected chi connectivity index (χ4v) is 3.74. The zero-order chi connectivity index (χ0) is 21.1. The van der Waals surface area contributed by atoms with Crippen LogP contribution in [0.5, 0.6) is 11.5 Å². The molecule has 4 rings (SSSR count). The molecule has 2 heterocycles. The molecule has 0 radical (unpaired) electrons. The second kappa shape index (κ2) is 8.85. The molecule has 0 bridgehead atoms. The number of nitrogens with zero attached hydrogens (tertiary/aromatic N) is 2. The minimum atomic E-state index is -0.555. The standard InChI is InChI=1S/C23H28N4O3/c1-15-3-5-18(6-4-15)30-19-7-8-21-20(13-19)26-22(14-25-23(28)16(2)24)27(21)17-9-11-29-12-10-17/h3-8,13,16-17H,9-12,14,24H2,1-2H3,(H,25,28)/t16-/m0/s1. The number of fused-ring (bicyclic) bond motifs is 1. The molecule has 1 saturated heterocycles. The van der Waals surface area contributed by atoms with E-state index in [0.29, 0.717) is 6.54 Å². The zero-order valence-electron chi connectivity index (χ0n) is 17.4. The van der Waals surface area contributed by atoms with E-state index in [1.165, 1.54) is 5.56 Å². The molecular formula is C23H28N4O3. The number of carbonyl (C=O) groups excluding carboxylic acids is 1. The van der Waals surface area contributed by atoms with Crippen molar-refractivity contribution in [2.24, 2.45) is 5.73 Å². The lowest BCUT2D eigenvalue weighted by Gasteiger charge is -2.26. The van der Waals surface area contributed by atoms with Gasteiger partial charge < -0.3 is 25.1 Å². The maximum Gasteiger partial charge on any atom is 0.237 e. The SMILES string of the molecule is Cc1ccc(Oc2ccc3c(c2)nc(CNC(=O)[C@H](C)N)n3C2CCOCC2)cc1. The summed E-state index contributed by atoms with van der Waals surface area (Å²) >= 11 is 0. The molecule has 0 unspecified atom stereocenters. The Kier molecular flexibility index (Phi) is 6.01. The smallest absolute Gasteiger partial charge is 0.237 e. The summed E-state index contributed by atoms with van der Waals surface area (Å²) in [4.78, 5) is 16.8. The Morgan fingerprint density at radius 3 is 2.63 bits per heavy atom. The predicted octanol–water partition coefficient (Wildman–Crippen LogP) is 3.45. The number of nitrogens with one attached hydrogen (secondary N) is 1. The molecule has 0 saturated carbocycles. The highest BCUT2D eigenvalue weighted by atomic mass is 16.5. The van der Waals surface area contributed by atoms with Crippen LogP contribution in [0.2, 0.25) is 0 Å². The third-order valence-corrected chi connectivity index (χ3v) is 5.38. The summed E-state index contributed by atoms with van der Waals surface area (Å²) in [6.45, 7) is 5.51. The first kappa shape index (κ1) is 20.4. The van der Waals surface area contributed by atoms with Crippen LogP contribution in [0.4, 0.5) is 0 Å². The van der Waals surface area contributed by atoms with Gasteiger partial charge in [-0.15, -0.1) is 0 Å². The third-order valence-electron chi connectivity index (χ3n) is 5.38. The third kappa shape index (κ3) is 4.47. The second-order valence-corrected chi connectivity index (χ2v) is 7.81. The number of nitrogens with two attached hydrogens (primary N) is 1. The van der Waals surface area contributed by atoms with E-state index < -0.39 is 6.04 Å². The van der Waals surface area contributed by atoms with Gasteiger partial charge in [0.1, 0.15) is 17.3 Å². The van der Waals surface area contributed by atoms with Gasteiger partial charge in [0.05, 0.1) is 23.6 Å². The van der Waals surface area contributed by atoms with Crippen molar-refractivity contribution >= 4 is 16.9 Å². The average molecular weight is 409 g/mol. The molecule has 30 heavy (non-hydrogen) atoms. The van der Waals surface area contributed by atoms with E-state index in [1.807, 2.05) is 49.4 Å². The highest BCUT2D eigenvalue weighted by Crippen LogP contribution is 2.31. The van der Waals surface area contributed by atoms with Crippen LogP contribution >= 0.6 is 0 Å². The van der Waals surface area contributed by atoms with Crippen LogP contribution in [-0.2, 0) is 16.1 Å². The molecule has 1 atom stereocenters. The Hall–Kier alpha value is -2.90. The van der Waals surface area contributed by atoms with E-state index in [9.17, 15) is 4.79 Å². The average Bonchev–Trinajstić information content (AvgIpc) is 3.11. The summed E-state index contributed by atoms with van der Waals surface area (Å²) in [5, 5.41) is 2.89. The molecule has 7 heteroatoms. The first-order valence-corrected chi connectivity index (χ1v) is 10.4. The predicted molar refractivity (Wildman–Crippen MR) is 116 cm³/mol. The van der Waals surface area contributed by atoms with E-state index in [4.69, 9.17) is 20.2 Å². The topological polar surface area (TPSA) is 91.4 Å². The Balaban J connectivity index is 1.65. The van der Waals surface area contributed by atoms with Crippen molar-refractivity contribution in [2.45, 2.75) is 45.3 Å². The minimum Gasteiger partial charge on any atom is -0.457 e. The molecule has 1 aliphatic rings. The number of hydrogen-bond acceptors (Lipinski definition) is 5. The van der Waals surface area contributed by atoms with Gasteiger partial charge in [-0.05, 0) is 51.0 Å². The number of ether oxygens (including phenoxy) is 2. The van der Waals surface area contributed by atoms with Crippen molar-refractivity contribution in [3.8, 4) is 11.5 Å². The van der Waals surface area contributed by atoms with Gasteiger partial charge in [-0.3, -0.25) is 4.79 Å². The summed E-state index contributed by atoms with van der Waals surface area (Å²) < 4.78 is 13.8. The van der Waals surface area contributed by atoms with E-state index in [-0.39, 0.29) is 11.9 Å². The molecular weight excluding hydrogens is 380 g/mol. The van der Waals surface area contributed by atoms with Crippen molar-refractivity contribution in [3.05, 3.63) is 53.9 Å². The van der Waals surface area contributed by atoms with Crippen LogP contribution in [-0.4, -0.2) is 34.7 Å². The normalized spacial score (nSPS) is 15.8. The van der Waals surface area contributed by atoms with E-state index in [0.717, 1.165) is 54.4 Å². The summed E-state index contributed by atoms with van der Waals surface area (Å²) in [5.41, 5.74) is 8.75. The summed E-state index contributed by atoms with van der Waals surface area (Å²) in [6.07, 6.45) is 1.84. The Bertz CT molecular complexity index is 1020. The molecule has 1 fully saturated rings. The molecule has 0 spiro atoms. The molecule has 3 aromatic rings. The molecule has 1 amide bonds. The first-order valence-electron chi connectivity index (χ1n) is 10.4. The van der Waals surface area contributed by atoms with Crippen LogP contribution in [0, 0.1) is 6.92 Å². The lowest BCUT2D eigenvalue weighted by atomic mass is 10.1. The number of imidazole rings is 1. The minimum absolute atomic E-state index is 0.191. The van der Waals surface area contributed by atoms with Crippen LogP contribution < -0.4 is 15.8 Å². The van der Waals surface area contributed by atoms with Gasteiger partial charge in [0.2, 0.25) is 5.91 Å². The van der Waals surface area contributed by atoms with Crippen LogP contribution in [0.1, 0.15) is 37.2 Å². The van der Waals surface area contributed by atoms with Gasteiger partial charge in [0.25, 0.3) is 0 Å². The summed E-state index contributed by atoms with van der Waals surface area (Å²) in [6, 6.07) is 13.6. The fourth-order valence-electron chi connectivity index (χ4n) is 3.74. The highest BCUT2D eigenvalue weighted by Gasteiger charge is 2.22. The maximum atomic E-state index is 12.0. The first-order chi connectivity index (χ1) is 14.5. The number of rotatable bonds is 6. The number of aromatic nitrogens is 2. The Morgan fingerprint density at radius 1 is 1.23 bits per heavy atom. The van der Waals surface area contributed by atoms with Gasteiger partial charge in [-0.25, -0.2) is 4.98 Å². The Morgan fingerprint density at radius 2 is 1.93 bits per heavy atom. The maximum absolute atomic E-state index is 12.0. The number of carbonyl (C=O) groups is 1. The molecule has 2 aromatic carbocycles. The van der Waals surface area contributed by atoms with E-state index in [2.05, 4.69) is 9.88 Å². The number of amides is 1. The summed E-state index contributed by atoms with van der Waals surface area (Å²) in [7, 11) is 0. The van der Waals surface area contributed by atoms with Gasteiger partial charge >= 0.3 is 0 Å². The molecule has 1 aromatic heterocycles. The molecule has 1 aliphatic heterocycles. The van der Waals surface area contributed by atoms with Crippen molar-refractivity contribution in [1.82, 2.24) is 14.9 Å². The highest BCUT2D eigenvalue weighted by molar-refractivity contribution is 5.81. The monoisotopic (exact) mass is 408 g/mol. The lowest BCUT2D eigenvalue weighted by molar-refractivity contribution is -0.122. The number of benzene rings is 2. The van der Waals surface area contributed by atoms with E-state index >= 15 is 0 Å².